The molecule has 0 amide bonds. The van der Waals surface area contributed by atoms with E-state index in [1.165, 1.54) is 7.11 Å². The monoisotopic (exact) mass is 413 g/mol. The summed E-state index contributed by atoms with van der Waals surface area (Å²) in [7, 11) is 1.36. The summed E-state index contributed by atoms with van der Waals surface area (Å²) < 4.78 is 6.48. The summed E-state index contributed by atoms with van der Waals surface area (Å²) in [5, 5.41) is 8.82. The normalized spacial score (nSPS) is 9.73. The molecule has 30 heavy (non-hydrogen) atoms. The Bertz CT molecular complexity index is 902. The molecule has 2 heterocycles. The highest BCUT2D eigenvalue weighted by Crippen LogP contribution is 2.10. The molecule has 6 heteroatoms. The summed E-state index contributed by atoms with van der Waals surface area (Å²) in [6.45, 7) is 15.4. The van der Waals surface area contributed by atoms with Crippen LogP contribution in [0, 0.1) is 6.92 Å². The fraction of sp³-hybridized carbons (Fsp3) is 0.333. The number of methoxy groups -OCH3 is 1. The summed E-state index contributed by atoms with van der Waals surface area (Å²) in [4.78, 5) is 15.5. The van der Waals surface area contributed by atoms with Gasteiger partial charge in [-0.15, -0.1) is 0 Å². The number of benzene rings is 1. The van der Waals surface area contributed by atoms with E-state index < -0.39 is 0 Å². The number of aromatic nitrogens is 2. The van der Waals surface area contributed by atoms with Crippen molar-refractivity contribution in [3.8, 4) is 5.75 Å². The van der Waals surface area contributed by atoms with Gasteiger partial charge in [0.2, 0.25) is 0 Å². The highest BCUT2D eigenvalue weighted by atomic mass is 16.5. The molecule has 0 spiro atoms. The number of imidazole rings is 1. The summed E-state index contributed by atoms with van der Waals surface area (Å²) in [6, 6.07) is 10.3. The van der Waals surface area contributed by atoms with Crippen LogP contribution in [0.2, 0.25) is 0 Å². The molecule has 3 aromatic rings. The number of pyridine rings is 1. The first kappa shape index (κ1) is 26.9. The molecule has 0 saturated carbocycles. The number of fused-ring (bicyclic) bond motifs is 1. The lowest BCUT2D eigenvalue weighted by molar-refractivity contribution is 0.0600. The zero-order chi connectivity index (χ0) is 23.3. The molecule has 0 bridgehead atoms. The third-order valence-electron chi connectivity index (χ3n) is 3.13. The van der Waals surface area contributed by atoms with Crippen LogP contribution in [0.3, 0.4) is 0 Å². The van der Waals surface area contributed by atoms with Crippen LogP contribution >= 0.6 is 0 Å². The van der Waals surface area contributed by atoms with Crippen LogP contribution in [-0.2, 0) is 4.74 Å². The maximum absolute atomic E-state index is 11.2. The Morgan fingerprint density at radius 2 is 1.73 bits per heavy atom. The van der Waals surface area contributed by atoms with Crippen molar-refractivity contribution in [1.82, 2.24) is 9.38 Å². The number of hydrogen-bond acceptors (Lipinski definition) is 5. The van der Waals surface area contributed by atoms with Crippen molar-refractivity contribution in [2.45, 2.75) is 47.1 Å². The molecule has 0 aliphatic heterocycles. The third kappa shape index (κ3) is 11.0. The minimum absolute atomic E-state index is 0. The van der Waals surface area contributed by atoms with Gasteiger partial charge in [-0.1, -0.05) is 38.6 Å². The quantitative estimate of drug-likeness (QED) is 0.561. The molecule has 3 N–H and O–H groups in total. The molecule has 0 aliphatic carbocycles. The van der Waals surface area contributed by atoms with Crippen LogP contribution in [0.1, 0.15) is 56.2 Å². The number of nitrogens with two attached hydrogens (primary N) is 1. The predicted molar refractivity (Wildman–Crippen MR) is 125 cm³/mol. The minimum Gasteiger partial charge on any atom is -0.508 e. The Kier molecular flexibility index (Phi) is 11.8. The highest BCUT2D eigenvalue weighted by Gasteiger charge is 2.06. The van der Waals surface area contributed by atoms with Crippen molar-refractivity contribution in [3.05, 3.63) is 72.2 Å². The first-order valence-electron chi connectivity index (χ1n) is 9.77. The van der Waals surface area contributed by atoms with Gasteiger partial charge in [0.1, 0.15) is 11.4 Å². The molecule has 0 fully saturated rings. The Morgan fingerprint density at radius 3 is 2.20 bits per heavy atom. The zero-order valence-corrected chi connectivity index (χ0v) is 19.1. The summed E-state index contributed by atoms with van der Waals surface area (Å²) in [5.41, 5.74) is 8.57. The molecular weight excluding hydrogens is 378 g/mol. The maximum atomic E-state index is 11.2. The molecule has 1 aromatic carbocycles. The number of aromatic hydroxyl groups is 1. The van der Waals surface area contributed by atoms with E-state index in [1.54, 1.807) is 36.5 Å². The lowest BCUT2D eigenvalue weighted by atomic mass is 10.1. The molecule has 0 radical (unpaired) electrons. The lowest BCUT2D eigenvalue weighted by Gasteiger charge is -2.06. The Hall–Kier alpha value is -3.12. The van der Waals surface area contributed by atoms with E-state index in [1.807, 2.05) is 64.3 Å². The second-order valence-corrected chi connectivity index (χ2v) is 7.22. The number of nitrogens with zero attached hydrogens (tertiary/aromatic N) is 2. The Morgan fingerprint density at radius 1 is 1.20 bits per heavy atom. The first-order valence-corrected chi connectivity index (χ1v) is 9.77. The molecule has 164 valence electrons. The van der Waals surface area contributed by atoms with E-state index in [0.29, 0.717) is 11.3 Å². The second-order valence-electron chi connectivity index (χ2n) is 7.22. The molecule has 0 unspecified atom stereocenters. The standard InChI is InChI=1S/C10H10N2O2.C8H8O.C4H11N.C2H6/c1-7-6-12-4-3-8(10(13)14-2)5-9(12)11-7;1-2-7-3-5-8(9)6-4-7;1-4(2,3)5;1-2/h3-6H,1-2H3;2-6,9H,1H2;5H2,1-3H3;1-2H3. The predicted octanol–water partition coefficient (Wildman–Crippen LogP) is 5.23. The van der Waals surface area contributed by atoms with Gasteiger partial charge in [-0.2, -0.15) is 0 Å². The smallest absolute Gasteiger partial charge is 0.338 e. The fourth-order valence-electron chi connectivity index (χ4n) is 1.96. The van der Waals surface area contributed by atoms with Crippen LogP contribution in [0.4, 0.5) is 0 Å². The highest BCUT2D eigenvalue weighted by molar-refractivity contribution is 5.90. The number of hydrogen-bond donors (Lipinski definition) is 2. The molecule has 2 aromatic heterocycles. The number of phenols is 1. The van der Waals surface area contributed by atoms with Gasteiger partial charge in [0.25, 0.3) is 0 Å². The Labute approximate surface area is 180 Å². The minimum atomic E-state index is -0.340. The Balaban J connectivity index is 0.000000453. The van der Waals surface area contributed by atoms with Crippen LogP contribution in [-0.4, -0.2) is 33.1 Å². The topological polar surface area (TPSA) is 89.9 Å². The average Bonchev–Trinajstić information content (AvgIpc) is 3.08. The van der Waals surface area contributed by atoms with E-state index in [-0.39, 0.29) is 11.5 Å². The maximum Gasteiger partial charge on any atom is 0.338 e. The number of carbonyl (C=O) groups excluding carboxylic acids is 1. The van der Waals surface area contributed by atoms with Crippen LogP contribution in [0.5, 0.6) is 5.75 Å². The van der Waals surface area contributed by atoms with E-state index >= 15 is 0 Å². The molecule has 0 saturated heterocycles. The van der Waals surface area contributed by atoms with Crippen molar-refractivity contribution in [3.63, 3.8) is 0 Å². The van der Waals surface area contributed by atoms with E-state index in [0.717, 1.165) is 16.9 Å². The third-order valence-corrected chi connectivity index (χ3v) is 3.13. The largest absolute Gasteiger partial charge is 0.508 e. The van der Waals surface area contributed by atoms with Gasteiger partial charge in [0.15, 0.2) is 0 Å². The van der Waals surface area contributed by atoms with Crippen LogP contribution < -0.4 is 5.73 Å². The van der Waals surface area contributed by atoms with Gasteiger partial charge in [0, 0.05) is 17.9 Å². The molecular formula is C24H35N3O3. The van der Waals surface area contributed by atoms with Gasteiger partial charge < -0.3 is 20.0 Å². The number of rotatable bonds is 2. The van der Waals surface area contributed by atoms with Crippen LogP contribution in [0.15, 0.2) is 55.4 Å². The van der Waals surface area contributed by atoms with E-state index in [4.69, 9.17) is 10.8 Å². The molecule has 0 atom stereocenters. The second kappa shape index (κ2) is 13.2. The number of ether oxygens (including phenoxy) is 1. The molecule has 3 rings (SSSR count). The van der Waals surface area contributed by atoms with E-state index in [2.05, 4.69) is 16.3 Å². The summed E-state index contributed by atoms with van der Waals surface area (Å²) in [5.74, 6) is -0.0475. The van der Waals surface area contributed by atoms with Crippen molar-refractivity contribution in [2.24, 2.45) is 5.73 Å². The molecule has 0 aliphatic rings. The number of phenolic OH excluding ortho intramolecular Hbond substituents is 1. The van der Waals surface area contributed by atoms with Gasteiger partial charge in [-0.3, -0.25) is 0 Å². The zero-order valence-electron chi connectivity index (χ0n) is 19.1. The SMILES string of the molecule is C=Cc1ccc(O)cc1.CC.CC(C)(C)N.COC(=O)c1ccn2cc(C)nc2c1. The van der Waals surface area contributed by atoms with Crippen molar-refractivity contribution in [2.75, 3.05) is 7.11 Å². The number of carbonyl (C=O) groups is 1. The summed E-state index contributed by atoms with van der Waals surface area (Å²) >= 11 is 0. The average molecular weight is 414 g/mol. The fourth-order valence-corrected chi connectivity index (χ4v) is 1.96. The van der Waals surface area contributed by atoms with Gasteiger partial charge in [0.05, 0.1) is 18.4 Å². The van der Waals surface area contributed by atoms with E-state index in [9.17, 15) is 4.79 Å². The van der Waals surface area contributed by atoms with Crippen molar-refractivity contribution < 1.29 is 14.6 Å². The van der Waals surface area contributed by atoms with Gasteiger partial charge >= 0.3 is 5.97 Å². The van der Waals surface area contributed by atoms with Gasteiger partial charge in [-0.25, -0.2) is 9.78 Å². The van der Waals surface area contributed by atoms with Crippen LogP contribution in [0.25, 0.3) is 11.7 Å². The van der Waals surface area contributed by atoms with Gasteiger partial charge in [-0.05, 0) is 57.5 Å². The summed E-state index contributed by atoms with van der Waals surface area (Å²) in [6.07, 6.45) is 5.43. The first-order chi connectivity index (χ1) is 14.0. The number of esters is 1. The molecule has 6 nitrogen and oxygen atoms in total. The van der Waals surface area contributed by atoms with Crippen molar-refractivity contribution >= 4 is 17.7 Å². The van der Waals surface area contributed by atoms with Crippen molar-refractivity contribution in [1.29, 1.82) is 0 Å². The number of aryl methyl sites for hydroxylation is 1. The lowest BCUT2D eigenvalue weighted by Crippen LogP contribution is -2.26.